The fourth-order valence-electron chi connectivity index (χ4n) is 1.67. The third kappa shape index (κ3) is 10.4. The van der Waals surface area contributed by atoms with Crippen molar-refractivity contribution in [3.63, 3.8) is 0 Å². The van der Waals surface area contributed by atoms with Crippen LogP contribution in [0.1, 0.15) is 42.5 Å². The van der Waals surface area contributed by atoms with Crippen LogP contribution in [0.5, 0.6) is 5.75 Å². The molecule has 5 heteroatoms. The van der Waals surface area contributed by atoms with Crippen LogP contribution in [0.4, 0.5) is 0 Å². The van der Waals surface area contributed by atoms with E-state index in [0.29, 0.717) is 5.75 Å². The van der Waals surface area contributed by atoms with Gasteiger partial charge in [-0.25, -0.2) is 12.2 Å². The first kappa shape index (κ1) is 27.7. The van der Waals surface area contributed by atoms with Gasteiger partial charge in [-0.1, -0.05) is 5.19 Å². The molecule has 0 saturated carbocycles. The fraction of sp³-hybridized carbons (Fsp3) is 0.389. The van der Waals surface area contributed by atoms with Gasteiger partial charge in [-0.3, -0.25) is 6.08 Å². The molecule has 23 heavy (non-hydrogen) atoms. The largest absolute Gasteiger partial charge is 0.507 e. The van der Waals surface area contributed by atoms with Crippen LogP contribution in [0.25, 0.3) is 0 Å². The third-order valence-electron chi connectivity index (χ3n) is 3.17. The number of rotatable bonds is 0. The van der Waals surface area contributed by atoms with Crippen LogP contribution in [-0.4, -0.2) is 19.2 Å². The zero-order valence-corrected chi connectivity index (χ0v) is 18.9. The molecule has 0 amide bonds. The van der Waals surface area contributed by atoms with Crippen LogP contribution in [0, 0.1) is 33.8 Å². The van der Waals surface area contributed by atoms with Crippen LogP contribution in [-0.2, 0) is 20.0 Å². The van der Waals surface area contributed by atoms with Gasteiger partial charge in [-0.15, -0.1) is 31.2 Å². The number of phenolic OH excluding ortho intramolecular Hbond substituents is 1. The van der Waals surface area contributed by atoms with Crippen LogP contribution in [0.15, 0.2) is 18.2 Å². The van der Waals surface area contributed by atoms with E-state index in [9.17, 15) is 5.11 Å². The summed E-state index contributed by atoms with van der Waals surface area (Å²) in [6.45, 7) is 12.1. The first-order valence-corrected chi connectivity index (χ1v) is 8.22. The van der Waals surface area contributed by atoms with Gasteiger partial charge in [-0.2, -0.15) is 6.08 Å². The fourth-order valence-corrected chi connectivity index (χ4v) is 1.97. The average molecular weight is 405 g/mol. The molecule has 0 heterocycles. The van der Waals surface area contributed by atoms with Crippen molar-refractivity contribution >= 4 is 44.1 Å². The van der Waals surface area contributed by atoms with Gasteiger partial charge in [0.25, 0.3) is 0 Å². The van der Waals surface area contributed by atoms with Crippen molar-refractivity contribution in [3.8, 4) is 5.75 Å². The number of hydrogen-bond acceptors (Lipinski definition) is 1. The molecule has 0 unspecified atom stereocenters. The Morgan fingerprint density at radius 3 is 1.83 bits per heavy atom. The van der Waals surface area contributed by atoms with Gasteiger partial charge >= 0.3 is 37.6 Å². The minimum absolute atomic E-state index is 0. The van der Waals surface area contributed by atoms with E-state index < -0.39 is 0 Å². The number of halogens is 2. The van der Waals surface area contributed by atoms with Crippen molar-refractivity contribution in [3.05, 3.63) is 46.6 Å². The second-order valence-corrected chi connectivity index (χ2v) is 7.29. The Labute approximate surface area is 168 Å². The summed E-state index contributed by atoms with van der Waals surface area (Å²) in [6, 6.07) is 0. The van der Waals surface area contributed by atoms with E-state index in [0.717, 1.165) is 28.3 Å². The molecule has 3 radical (unpaired) electrons. The minimum atomic E-state index is 0. The Kier molecular flexibility index (Phi) is 17.2. The maximum absolute atomic E-state index is 9.66. The van der Waals surface area contributed by atoms with E-state index in [1.807, 2.05) is 32.9 Å². The molecule has 1 aromatic rings. The van der Waals surface area contributed by atoms with Crippen molar-refractivity contribution in [1.29, 1.82) is 0 Å². The number of aromatic hydroxyl groups is 1. The molecule has 0 atom stereocenters. The summed E-state index contributed by atoms with van der Waals surface area (Å²) in [5, 5.41) is 10.7. The molecule has 0 saturated heterocycles. The van der Waals surface area contributed by atoms with Crippen LogP contribution < -0.4 is 5.19 Å². The maximum Gasteiger partial charge on any atom is 0.121 e. The third-order valence-corrected chi connectivity index (χ3v) is 3.92. The summed E-state index contributed by atoms with van der Waals surface area (Å²) in [5.41, 5.74) is 4.27. The van der Waals surface area contributed by atoms with Crippen molar-refractivity contribution in [1.82, 2.24) is 0 Å². The molecule has 1 aliphatic rings. The van der Waals surface area contributed by atoms with E-state index in [1.54, 1.807) is 0 Å². The molecular formula is C18H26Cl2OSiTi. The Morgan fingerprint density at radius 1 is 1.04 bits per heavy atom. The summed E-state index contributed by atoms with van der Waals surface area (Å²) in [6.07, 6.45) is 10.0. The van der Waals surface area contributed by atoms with Crippen molar-refractivity contribution in [2.24, 2.45) is 0 Å². The average Bonchev–Trinajstić information content (AvgIpc) is 2.99. The SMILES string of the molecule is C[C](C)=[Ti+].Cc1c(C)c(O)c(C)c([Si])c1C.Cl.Cl.[C-]1=CC=CC1. The first-order chi connectivity index (χ1) is 9.70. The van der Waals surface area contributed by atoms with Crippen LogP contribution >= 0.6 is 24.8 Å². The summed E-state index contributed by atoms with van der Waals surface area (Å²) in [4.78, 5) is 0. The summed E-state index contributed by atoms with van der Waals surface area (Å²) >= 11 is 2.08. The molecule has 126 valence electrons. The monoisotopic (exact) mass is 404 g/mol. The summed E-state index contributed by atoms with van der Waals surface area (Å²) in [7, 11) is 3.51. The van der Waals surface area contributed by atoms with Gasteiger partial charge in [0.15, 0.2) is 0 Å². The Hall–Kier alpha value is -0.119. The molecule has 1 aromatic carbocycles. The molecule has 1 N–H and O–H groups in total. The Bertz CT molecular complexity index is 448. The van der Waals surface area contributed by atoms with E-state index in [-0.39, 0.29) is 24.8 Å². The van der Waals surface area contributed by atoms with E-state index in [2.05, 4.69) is 63.1 Å². The minimum Gasteiger partial charge on any atom is -0.507 e. The van der Waals surface area contributed by atoms with Gasteiger partial charge in [0.05, 0.1) is 10.2 Å². The van der Waals surface area contributed by atoms with Gasteiger partial charge in [0, 0.05) is 0 Å². The second-order valence-electron chi connectivity index (χ2n) is 5.23. The molecule has 1 nitrogen and oxygen atoms in total. The van der Waals surface area contributed by atoms with Gasteiger partial charge in [-0.05, 0) is 49.9 Å². The molecule has 0 spiro atoms. The number of hydrogen-bond donors (Lipinski definition) is 1. The van der Waals surface area contributed by atoms with Crippen LogP contribution in [0.2, 0.25) is 0 Å². The van der Waals surface area contributed by atoms with Gasteiger partial charge < -0.3 is 5.11 Å². The quantitative estimate of drug-likeness (QED) is 0.504. The topological polar surface area (TPSA) is 20.2 Å². The van der Waals surface area contributed by atoms with Gasteiger partial charge in [0.2, 0.25) is 0 Å². The van der Waals surface area contributed by atoms with Gasteiger partial charge in [0.1, 0.15) is 5.75 Å². The van der Waals surface area contributed by atoms with Crippen LogP contribution in [0.3, 0.4) is 0 Å². The molecular weight excluding hydrogens is 379 g/mol. The van der Waals surface area contributed by atoms with Crippen molar-refractivity contribution in [2.45, 2.75) is 48.0 Å². The zero-order chi connectivity index (χ0) is 16.6. The predicted octanol–water partition coefficient (Wildman–Crippen LogP) is 4.31. The number of benzene rings is 1. The number of phenols is 1. The molecule has 1 aliphatic carbocycles. The van der Waals surface area contributed by atoms with E-state index in [4.69, 9.17) is 0 Å². The number of allylic oxidation sites excluding steroid dienone is 4. The van der Waals surface area contributed by atoms with E-state index >= 15 is 0 Å². The van der Waals surface area contributed by atoms with Crippen molar-refractivity contribution in [2.75, 3.05) is 0 Å². The Balaban J connectivity index is -0.000000305. The molecule has 0 fully saturated rings. The smallest absolute Gasteiger partial charge is 0.121 e. The molecule has 2 rings (SSSR count). The molecule has 0 aliphatic heterocycles. The Morgan fingerprint density at radius 2 is 1.52 bits per heavy atom. The first-order valence-electron chi connectivity index (χ1n) is 6.94. The molecule has 0 aromatic heterocycles. The maximum atomic E-state index is 9.66. The predicted molar refractivity (Wildman–Crippen MR) is 105 cm³/mol. The zero-order valence-electron chi connectivity index (χ0n) is 14.7. The normalized spacial score (nSPS) is 10.5. The standard InChI is InChI=1S/C10H13OSi.C5H5.C3H6.2ClH.Ti/c1-5-6(2)9(11)8(4)10(12)7(5)3;1-2-4-5-3-1;1-3-2;;;/h11H,1-4H3;1-3H,4H2;1-2H3;2*1H;/q;-1;;;;+1. The molecule has 0 bridgehead atoms. The second kappa shape index (κ2) is 14.2. The summed E-state index contributed by atoms with van der Waals surface area (Å²) < 4.78 is 1.42. The summed E-state index contributed by atoms with van der Waals surface area (Å²) in [5.74, 6) is 0.406. The van der Waals surface area contributed by atoms with Crippen molar-refractivity contribution < 1.29 is 25.1 Å². The van der Waals surface area contributed by atoms with E-state index in [1.165, 1.54) is 9.37 Å².